The second-order valence-corrected chi connectivity index (χ2v) is 6.30. The smallest absolute Gasteiger partial charge is 0.260 e. The van der Waals surface area contributed by atoms with E-state index in [2.05, 4.69) is 5.32 Å². The maximum atomic E-state index is 12.1. The van der Waals surface area contributed by atoms with E-state index >= 15 is 0 Å². The average Bonchev–Trinajstić information content (AvgIpc) is 2.57. The lowest BCUT2D eigenvalue weighted by Gasteiger charge is -2.18. The molecule has 0 aromatic heterocycles. The van der Waals surface area contributed by atoms with E-state index in [9.17, 15) is 9.59 Å². The van der Waals surface area contributed by atoms with Gasteiger partial charge in [0.05, 0.1) is 6.54 Å². The number of hydrogen-bond donors (Lipinski definition) is 1. The lowest BCUT2D eigenvalue weighted by atomic mass is 10.1. The number of amides is 2. The number of carbonyl (C=O) groups excluding carboxylic acids is 2. The first-order chi connectivity index (χ1) is 11.8. The molecule has 132 valence electrons. The molecular weight excluding hydrogens is 340 g/mol. The Balaban J connectivity index is 1.84. The van der Waals surface area contributed by atoms with Crippen LogP contribution in [-0.2, 0) is 9.59 Å². The SMILES string of the molecule is Cc1ccc(C)c(NC(=O)CN(C)C(=O)COc2ccc(Cl)cc2)c1. The van der Waals surface area contributed by atoms with Gasteiger partial charge in [0.15, 0.2) is 6.61 Å². The summed E-state index contributed by atoms with van der Waals surface area (Å²) in [5, 5.41) is 3.42. The molecule has 0 aliphatic heterocycles. The predicted molar refractivity (Wildman–Crippen MR) is 99.1 cm³/mol. The number of anilines is 1. The van der Waals surface area contributed by atoms with E-state index in [4.69, 9.17) is 16.3 Å². The Morgan fingerprint density at radius 1 is 1.12 bits per heavy atom. The van der Waals surface area contributed by atoms with Gasteiger partial charge < -0.3 is 15.0 Å². The molecule has 0 atom stereocenters. The van der Waals surface area contributed by atoms with Crippen LogP contribution in [0.3, 0.4) is 0 Å². The fourth-order valence-corrected chi connectivity index (χ4v) is 2.28. The number of nitrogens with zero attached hydrogens (tertiary/aromatic N) is 1. The quantitative estimate of drug-likeness (QED) is 0.858. The van der Waals surface area contributed by atoms with Crippen LogP contribution in [-0.4, -0.2) is 36.9 Å². The number of hydrogen-bond acceptors (Lipinski definition) is 3. The predicted octanol–water partition coefficient (Wildman–Crippen LogP) is 3.43. The fraction of sp³-hybridized carbons (Fsp3) is 0.263. The van der Waals surface area contributed by atoms with Crippen molar-refractivity contribution in [2.45, 2.75) is 13.8 Å². The van der Waals surface area contributed by atoms with Crippen LogP contribution in [0, 0.1) is 13.8 Å². The summed E-state index contributed by atoms with van der Waals surface area (Å²) in [5.41, 5.74) is 2.78. The van der Waals surface area contributed by atoms with Crippen molar-refractivity contribution < 1.29 is 14.3 Å². The molecule has 25 heavy (non-hydrogen) atoms. The molecule has 0 saturated carbocycles. The van der Waals surface area contributed by atoms with Gasteiger partial charge in [-0.25, -0.2) is 0 Å². The van der Waals surface area contributed by atoms with Gasteiger partial charge in [-0.2, -0.15) is 0 Å². The maximum absolute atomic E-state index is 12.1. The van der Waals surface area contributed by atoms with Crippen LogP contribution in [0.25, 0.3) is 0 Å². The highest BCUT2D eigenvalue weighted by molar-refractivity contribution is 6.30. The fourth-order valence-electron chi connectivity index (χ4n) is 2.15. The number of ether oxygens (including phenoxy) is 1. The summed E-state index contributed by atoms with van der Waals surface area (Å²) in [6.45, 7) is 3.69. The van der Waals surface area contributed by atoms with Crippen molar-refractivity contribution in [1.29, 1.82) is 0 Å². The minimum absolute atomic E-state index is 0.0454. The van der Waals surface area contributed by atoms with Gasteiger partial charge in [0.1, 0.15) is 5.75 Å². The van der Waals surface area contributed by atoms with E-state index < -0.39 is 0 Å². The second-order valence-electron chi connectivity index (χ2n) is 5.86. The molecule has 2 aromatic rings. The van der Waals surface area contributed by atoms with Crippen LogP contribution in [0.4, 0.5) is 5.69 Å². The van der Waals surface area contributed by atoms with Crippen molar-refractivity contribution in [2.75, 3.05) is 25.5 Å². The minimum Gasteiger partial charge on any atom is -0.484 e. The van der Waals surface area contributed by atoms with E-state index in [1.807, 2.05) is 32.0 Å². The summed E-state index contributed by atoms with van der Waals surface area (Å²) >= 11 is 5.79. The zero-order valence-corrected chi connectivity index (χ0v) is 15.3. The molecule has 0 aliphatic carbocycles. The number of benzene rings is 2. The maximum Gasteiger partial charge on any atom is 0.260 e. The Kier molecular flexibility index (Phi) is 6.42. The van der Waals surface area contributed by atoms with Gasteiger partial charge in [-0.1, -0.05) is 23.7 Å². The number of nitrogens with one attached hydrogen (secondary N) is 1. The van der Waals surface area contributed by atoms with Crippen LogP contribution < -0.4 is 10.1 Å². The summed E-state index contributed by atoms with van der Waals surface area (Å²) in [6.07, 6.45) is 0. The molecule has 1 N–H and O–H groups in total. The lowest BCUT2D eigenvalue weighted by Crippen LogP contribution is -2.37. The zero-order valence-electron chi connectivity index (χ0n) is 14.5. The number of aryl methyl sites for hydroxylation is 2. The van der Waals surface area contributed by atoms with Crippen molar-refractivity contribution in [2.24, 2.45) is 0 Å². The van der Waals surface area contributed by atoms with Gasteiger partial charge in [0.2, 0.25) is 5.91 Å². The number of carbonyl (C=O) groups is 2. The highest BCUT2D eigenvalue weighted by Crippen LogP contribution is 2.17. The molecule has 2 rings (SSSR count). The van der Waals surface area contributed by atoms with Crippen LogP contribution >= 0.6 is 11.6 Å². The topological polar surface area (TPSA) is 58.6 Å². The summed E-state index contributed by atoms with van der Waals surface area (Å²) in [7, 11) is 1.57. The molecule has 0 bridgehead atoms. The Morgan fingerprint density at radius 3 is 2.48 bits per heavy atom. The van der Waals surface area contributed by atoms with Crippen molar-refractivity contribution >= 4 is 29.1 Å². The van der Waals surface area contributed by atoms with Gasteiger partial charge in [-0.3, -0.25) is 9.59 Å². The van der Waals surface area contributed by atoms with Crippen LogP contribution in [0.1, 0.15) is 11.1 Å². The van der Waals surface area contributed by atoms with Gasteiger partial charge >= 0.3 is 0 Å². The number of halogens is 1. The number of likely N-dealkylation sites (N-methyl/N-ethyl adjacent to an activating group) is 1. The molecule has 0 spiro atoms. The lowest BCUT2D eigenvalue weighted by molar-refractivity contribution is -0.135. The van der Waals surface area contributed by atoms with Crippen LogP contribution in [0.5, 0.6) is 5.75 Å². The molecule has 0 aliphatic rings. The van der Waals surface area contributed by atoms with Crippen LogP contribution in [0.2, 0.25) is 5.02 Å². The third-order valence-electron chi connectivity index (χ3n) is 3.65. The average molecular weight is 361 g/mol. The first-order valence-electron chi connectivity index (χ1n) is 7.84. The second kappa shape index (κ2) is 8.53. The summed E-state index contributed by atoms with van der Waals surface area (Å²) < 4.78 is 5.40. The van der Waals surface area contributed by atoms with Crippen molar-refractivity contribution in [1.82, 2.24) is 4.90 Å². The van der Waals surface area contributed by atoms with Crippen molar-refractivity contribution in [3.8, 4) is 5.75 Å². The molecule has 0 heterocycles. The highest BCUT2D eigenvalue weighted by atomic mass is 35.5. The first-order valence-corrected chi connectivity index (χ1v) is 8.22. The van der Waals surface area contributed by atoms with E-state index in [0.29, 0.717) is 10.8 Å². The minimum atomic E-state index is -0.286. The summed E-state index contributed by atoms with van der Waals surface area (Å²) in [5.74, 6) is 0.00749. The zero-order chi connectivity index (χ0) is 18.4. The third-order valence-corrected chi connectivity index (χ3v) is 3.90. The molecule has 5 nitrogen and oxygen atoms in total. The normalized spacial score (nSPS) is 10.2. The largest absolute Gasteiger partial charge is 0.484 e. The highest BCUT2D eigenvalue weighted by Gasteiger charge is 2.14. The number of rotatable bonds is 6. The van der Waals surface area contributed by atoms with E-state index in [1.54, 1.807) is 31.3 Å². The molecule has 6 heteroatoms. The Morgan fingerprint density at radius 2 is 1.80 bits per heavy atom. The van der Waals surface area contributed by atoms with Gasteiger partial charge in [-0.05, 0) is 55.3 Å². The van der Waals surface area contributed by atoms with Crippen molar-refractivity contribution in [3.05, 3.63) is 58.6 Å². The molecule has 0 unspecified atom stereocenters. The molecule has 0 fully saturated rings. The monoisotopic (exact) mass is 360 g/mol. The third kappa shape index (κ3) is 5.80. The standard InChI is InChI=1S/C19H21ClN2O3/c1-13-4-5-14(2)17(10-13)21-18(23)11-22(3)19(24)12-25-16-8-6-15(20)7-9-16/h4-10H,11-12H2,1-3H3,(H,21,23). The Bertz CT molecular complexity index is 760. The van der Waals surface area contributed by atoms with Crippen molar-refractivity contribution in [3.63, 3.8) is 0 Å². The van der Waals surface area contributed by atoms with Crippen LogP contribution in [0.15, 0.2) is 42.5 Å². The van der Waals surface area contributed by atoms with Gasteiger partial charge in [-0.15, -0.1) is 0 Å². The molecule has 2 aromatic carbocycles. The Hall–Kier alpha value is -2.53. The summed E-state index contributed by atoms with van der Waals surface area (Å²) in [4.78, 5) is 25.6. The first kappa shape index (κ1) is 18.8. The van der Waals surface area contributed by atoms with Gasteiger partial charge in [0, 0.05) is 17.8 Å². The molecule has 2 amide bonds. The van der Waals surface area contributed by atoms with E-state index in [1.165, 1.54) is 4.90 Å². The summed E-state index contributed by atoms with van der Waals surface area (Å²) in [6, 6.07) is 12.6. The molecule has 0 saturated heterocycles. The van der Waals surface area contributed by atoms with E-state index in [0.717, 1.165) is 16.8 Å². The van der Waals surface area contributed by atoms with E-state index in [-0.39, 0.29) is 25.0 Å². The molecular formula is C19H21ClN2O3. The molecule has 0 radical (unpaired) electrons. The van der Waals surface area contributed by atoms with Gasteiger partial charge in [0.25, 0.3) is 5.91 Å². The Labute approximate surface area is 152 Å².